The molecule has 1 aromatic carbocycles. The standard InChI is InChI=1S/C15H20FN/c1-10-4-2-3-5-11(10)8-13-14(16)9-12-6-7-15(13)17-12/h2-5,12-15,17H,6-9H2,1H3. The Kier molecular flexibility index (Phi) is 2.91. The van der Waals surface area contributed by atoms with E-state index in [0.717, 1.165) is 19.3 Å². The predicted molar refractivity (Wildman–Crippen MR) is 67.8 cm³/mol. The quantitative estimate of drug-likeness (QED) is 0.828. The minimum atomic E-state index is -0.617. The molecule has 1 aromatic rings. The molecule has 92 valence electrons. The van der Waals surface area contributed by atoms with Gasteiger partial charge in [-0.2, -0.15) is 0 Å². The SMILES string of the molecule is Cc1ccccc1CC1C(F)CC2CCC1N2. The van der Waals surface area contributed by atoms with E-state index in [-0.39, 0.29) is 5.92 Å². The van der Waals surface area contributed by atoms with Crippen LogP contribution in [0.4, 0.5) is 4.39 Å². The van der Waals surface area contributed by atoms with E-state index in [4.69, 9.17) is 0 Å². The minimum Gasteiger partial charge on any atom is -0.311 e. The molecule has 4 atom stereocenters. The highest BCUT2D eigenvalue weighted by Crippen LogP contribution is 2.35. The lowest BCUT2D eigenvalue weighted by Gasteiger charge is -2.33. The molecule has 2 heteroatoms. The van der Waals surface area contributed by atoms with Crippen LogP contribution in [0.25, 0.3) is 0 Å². The van der Waals surface area contributed by atoms with Crippen LogP contribution in [0.2, 0.25) is 0 Å². The van der Waals surface area contributed by atoms with E-state index in [1.165, 1.54) is 11.1 Å². The molecule has 2 fully saturated rings. The average Bonchev–Trinajstić information content (AvgIpc) is 2.70. The Bertz CT molecular complexity index is 404. The third kappa shape index (κ3) is 2.11. The summed E-state index contributed by atoms with van der Waals surface area (Å²) in [7, 11) is 0. The van der Waals surface area contributed by atoms with Crippen molar-refractivity contribution in [1.82, 2.24) is 5.32 Å². The summed E-state index contributed by atoms with van der Waals surface area (Å²) >= 11 is 0. The second-order valence-corrected chi connectivity index (χ2v) is 5.59. The van der Waals surface area contributed by atoms with Crippen LogP contribution in [0.1, 0.15) is 30.4 Å². The maximum Gasteiger partial charge on any atom is 0.106 e. The van der Waals surface area contributed by atoms with Gasteiger partial charge in [0.05, 0.1) is 0 Å². The zero-order valence-corrected chi connectivity index (χ0v) is 10.3. The zero-order valence-electron chi connectivity index (χ0n) is 10.3. The molecule has 4 unspecified atom stereocenters. The largest absolute Gasteiger partial charge is 0.311 e. The summed E-state index contributed by atoms with van der Waals surface area (Å²) < 4.78 is 14.2. The first-order valence-electron chi connectivity index (χ1n) is 6.68. The predicted octanol–water partition coefficient (Wildman–Crippen LogP) is 3.02. The van der Waals surface area contributed by atoms with Crippen molar-refractivity contribution in [1.29, 1.82) is 0 Å². The number of halogens is 1. The Hall–Kier alpha value is -0.890. The molecular weight excluding hydrogens is 213 g/mol. The fourth-order valence-electron chi connectivity index (χ4n) is 3.44. The number of benzene rings is 1. The van der Waals surface area contributed by atoms with Gasteiger partial charge in [0.25, 0.3) is 0 Å². The van der Waals surface area contributed by atoms with Crippen LogP contribution in [0.5, 0.6) is 0 Å². The molecule has 0 aliphatic carbocycles. The maximum atomic E-state index is 14.2. The van der Waals surface area contributed by atoms with Crippen LogP contribution < -0.4 is 5.32 Å². The minimum absolute atomic E-state index is 0.176. The van der Waals surface area contributed by atoms with Crippen LogP contribution in [-0.4, -0.2) is 18.3 Å². The number of aryl methyl sites for hydroxylation is 1. The summed E-state index contributed by atoms with van der Waals surface area (Å²) in [5.41, 5.74) is 2.60. The molecule has 2 saturated heterocycles. The lowest BCUT2D eigenvalue weighted by atomic mass is 9.84. The first kappa shape index (κ1) is 11.2. The van der Waals surface area contributed by atoms with E-state index < -0.39 is 6.17 Å². The van der Waals surface area contributed by atoms with Gasteiger partial charge in [-0.15, -0.1) is 0 Å². The molecule has 0 radical (unpaired) electrons. The monoisotopic (exact) mass is 233 g/mol. The summed E-state index contributed by atoms with van der Waals surface area (Å²) in [6.45, 7) is 2.12. The van der Waals surface area contributed by atoms with Crippen molar-refractivity contribution in [2.75, 3.05) is 0 Å². The normalized spacial score (nSPS) is 36.1. The molecule has 0 saturated carbocycles. The van der Waals surface area contributed by atoms with E-state index in [1.807, 2.05) is 0 Å². The molecule has 1 N–H and O–H groups in total. The van der Waals surface area contributed by atoms with E-state index in [2.05, 4.69) is 36.5 Å². The maximum absolute atomic E-state index is 14.2. The third-order valence-electron chi connectivity index (χ3n) is 4.48. The van der Waals surface area contributed by atoms with E-state index in [0.29, 0.717) is 18.5 Å². The number of hydrogen-bond donors (Lipinski definition) is 1. The van der Waals surface area contributed by atoms with Crippen molar-refractivity contribution in [3.8, 4) is 0 Å². The van der Waals surface area contributed by atoms with E-state index in [9.17, 15) is 4.39 Å². The molecule has 2 bridgehead atoms. The molecule has 1 nitrogen and oxygen atoms in total. The number of hydrogen-bond acceptors (Lipinski definition) is 1. The molecule has 17 heavy (non-hydrogen) atoms. The molecule has 2 heterocycles. The summed E-state index contributed by atoms with van der Waals surface area (Å²) in [6.07, 6.45) is 3.30. The zero-order chi connectivity index (χ0) is 11.8. The smallest absolute Gasteiger partial charge is 0.106 e. The second kappa shape index (κ2) is 4.41. The van der Waals surface area contributed by atoms with Gasteiger partial charge in [-0.1, -0.05) is 24.3 Å². The first-order chi connectivity index (χ1) is 8.24. The highest BCUT2D eigenvalue weighted by molar-refractivity contribution is 5.26. The summed E-state index contributed by atoms with van der Waals surface area (Å²) in [5, 5.41) is 3.57. The average molecular weight is 233 g/mol. The Labute approximate surface area is 102 Å². The number of fused-ring (bicyclic) bond motifs is 2. The lowest BCUT2D eigenvalue weighted by molar-refractivity contribution is 0.136. The van der Waals surface area contributed by atoms with Gasteiger partial charge in [-0.3, -0.25) is 0 Å². The number of nitrogens with one attached hydrogen (secondary N) is 1. The Morgan fingerprint density at radius 2 is 2.12 bits per heavy atom. The fraction of sp³-hybridized carbons (Fsp3) is 0.600. The Morgan fingerprint density at radius 3 is 2.94 bits per heavy atom. The molecule has 0 amide bonds. The van der Waals surface area contributed by atoms with Crippen LogP contribution in [0, 0.1) is 12.8 Å². The molecule has 0 spiro atoms. The molecule has 2 aliphatic heterocycles. The first-order valence-corrected chi connectivity index (χ1v) is 6.68. The van der Waals surface area contributed by atoms with Crippen LogP contribution in [0.15, 0.2) is 24.3 Å². The molecule has 2 aliphatic rings. The number of rotatable bonds is 2. The van der Waals surface area contributed by atoms with Crippen molar-refractivity contribution < 1.29 is 4.39 Å². The van der Waals surface area contributed by atoms with Crippen molar-refractivity contribution in [3.63, 3.8) is 0 Å². The summed E-state index contributed by atoms with van der Waals surface area (Å²) in [4.78, 5) is 0. The van der Waals surface area contributed by atoms with Crippen LogP contribution in [0.3, 0.4) is 0 Å². The molecular formula is C15H20FN. The van der Waals surface area contributed by atoms with E-state index in [1.54, 1.807) is 0 Å². The van der Waals surface area contributed by atoms with Crippen molar-refractivity contribution in [3.05, 3.63) is 35.4 Å². The molecule has 3 rings (SSSR count). The second-order valence-electron chi connectivity index (χ2n) is 5.59. The van der Waals surface area contributed by atoms with Crippen molar-refractivity contribution >= 4 is 0 Å². The topological polar surface area (TPSA) is 12.0 Å². The Morgan fingerprint density at radius 1 is 1.29 bits per heavy atom. The van der Waals surface area contributed by atoms with Gasteiger partial charge < -0.3 is 5.32 Å². The van der Waals surface area contributed by atoms with Gasteiger partial charge in [-0.25, -0.2) is 4.39 Å². The summed E-state index contributed by atoms with van der Waals surface area (Å²) in [6, 6.07) is 9.23. The fourth-order valence-corrected chi connectivity index (χ4v) is 3.44. The molecule has 0 aromatic heterocycles. The highest BCUT2D eigenvalue weighted by Gasteiger charge is 2.41. The summed E-state index contributed by atoms with van der Waals surface area (Å²) in [5.74, 6) is 0.176. The lowest BCUT2D eigenvalue weighted by Crippen LogP contribution is -2.47. The highest BCUT2D eigenvalue weighted by atomic mass is 19.1. The van der Waals surface area contributed by atoms with Gasteiger partial charge in [0.15, 0.2) is 0 Å². The van der Waals surface area contributed by atoms with Gasteiger partial charge in [0, 0.05) is 18.0 Å². The van der Waals surface area contributed by atoms with Gasteiger partial charge >= 0.3 is 0 Å². The third-order valence-corrected chi connectivity index (χ3v) is 4.48. The van der Waals surface area contributed by atoms with Crippen molar-refractivity contribution in [2.24, 2.45) is 5.92 Å². The Balaban J connectivity index is 1.78. The van der Waals surface area contributed by atoms with Gasteiger partial charge in [-0.05, 0) is 43.7 Å². The van der Waals surface area contributed by atoms with Crippen molar-refractivity contribution in [2.45, 2.75) is 50.9 Å². The van der Waals surface area contributed by atoms with Gasteiger partial charge in [0.1, 0.15) is 6.17 Å². The number of piperidine rings is 1. The number of alkyl halides is 1. The van der Waals surface area contributed by atoms with Crippen LogP contribution >= 0.6 is 0 Å². The van der Waals surface area contributed by atoms with Gasteiger partial charge in [0.2, 0.25) is 0 Å². The van der Waals surface area contributed by atoms with Crippen LogP contribution in [-0.2, 0) is 6.42 Å². The van der Waals surface area contributed by atoms with E-state index >= 15 is 0 Å².